The molecule has 5 heteroatoms. The van der Waals surface area contributed by atoms with E-state index in [0.29, 0.717) is 5.56 Å². The Morgan fingerprint density at radius 1 is 1.47 bits per heavy atom. The lowest BCUT2D eigenvalue weighted by molar-refractivity contribution is 0.0940. The van der Waals surface area contributed by atoms with Crippen LogP contribution in [0.15, 0.2) is 35.1 Å². The number of nitrogens with one attached hydrogen (secondary N) is 1. The molecule has 0 fully saturated rings. The third-order valence-electron chi connectivity index (χ3n) is 2.65. The highest BCUT2D eigenvalue weighted by molar-refractivity contribution is 9.10. The van der Waals surface area contributed by atoms with E-state index in [2.05, 4.69) is 45.3 Å². The minimum absolute atomic E-state index is 0.0884. The van der Waals surface area contributed by atoms with Crippen molar-refractivity contribution in [2.24, 2.45) is 0 Å². The number of pyridine rings is 1. The molecule has 3 nitrogen and oxygen atoms in total. The van der Waals surface area contributed by atoms with Gasteiger partial charge in [0.15, 0.2) is 0 Å². The summed E-state index contributed by atoms with van der Waals surface area (Å²) in [5.41, 5.74) is 0.573. The highest BCUT2D eigenvalue weighted by atomic mass is 79.9. The SMILES string of the molecule is Cc1ccc(CC(C)NC(=O)c2cncc(Br)c2)s1. The smallest absolute Gasteiger partial charge is 0.253 e. The molecule has 2 rings (SSSR count). The monoisotopic (exact) mass is 338 g/mol. The number of carbonyl (C=O) groups excluding carboxylic acids is 1. The van der Waals surface area contributed by atoms with Crippen molar-refractivity contribution in [2.75, 3.05) is 0 Å². The fourth-order valence-corrected chi connectivity index (χ4v) is 3.17. The molecule has 2 aromatic rings. The molecule has 0 saturated heterocycles. The number of rotatable bonds is 4. The highest BCUT2D eigenvalue weighted by Gasteiger charge is 2.11. The van der Waals surface area contributed by atoms with Gasteiger partial charge in [-0.2, -0.15) is 0 Å². The minimum atomic E-state index is -0.0884. The molecular formula is C14H15BrN2OS. The van der Waals surface area contributed by atoms with Gasteiger partial charge in [0.2, 0.25) is 0 Å². The fraction of sp³-hybridized carbons (Fsp3) is 0.286. The van der Waals surface area contributed by atoms with Crippen molar-refractivity contribution in [2.45, 2.75) is 26.3 Å². The number of hydrogen-bond donors (Lipinski definition) is 1. The molecule has 1 N–H and O–H groups in total. The number of aromatic nitrogens is 1. The number of amides is 1. The average molecular weight is 339 g/mol. The van der Waals surface area contributed by atoms with Crippen molar-refractivity contribution in [1.29, 1.82) is 0 Å². The second-order valence-electron chi connectivity index (χ2n) is 4.48. The van der Waals surface area contributed by atoms with Gasteiger partial charge in [0, 0.05) is 39.1 Å². The molecule has 2 aromatic heterocycles. The number of nitrogens with zero attached hydrogens (tertiary/aromatic N) is 1. The van der Waals surface area contributed by atoms with Crippen molar-refractivity contribution in [1.82, 2.24) is 10.3 Å². The lowest BCUT2D eigenvalue weighted by atomic mass is 10.2. The first kappa shape index (κ1) is 14.2. The summed E-state index contributed by atoms with van der Waals surface area (Å²) < 4.78 is 0.807. The Bertz CT molecular complexity index is 582. The summed E-state index contributed by atoms with van der Waals surface area (Å²) in [4.78, 5) is 18.6. The summed E-state index contributed by atoms with van der Waals surface area (Å²) in [6, 6.07) is 6.09. The third kappa shape index (κ3) is 4.14. The van der Waals surface area contributed by atoms with Crippen LogP contribution in [0.1, 0.15) is 27.0 Å². The van der Waals surface area contributed by atoms with Gasteiger partial charge in [0.25, 0.3) is 5.91 Å². The molecule has 1 atom stereocenters. The van der Waals surface area contributed by atoms with E-state index < -0.39 is 0 Å². The van der Waals surface area contributed by atoms with E-state index in [1.807, 2.05) is 6.92 Å². The zero-order chi connectivity index (χ0) is 13.8. The summed E-state index contributed by atoms with van der Waals surface area (Å²) in [7, 11) is 0. The predicted octanol–water partition coefficient (Wildman–Crippen LogP) is 3.58. The van der Waals surface area contributed by atoms with E-state index in [1.165, 1.54) is 9.75 Å². The Kier molecular flexibility index (Phi) is 4.71. The summed E-state index contributed by atoms with van der Waals surface area (Å²) in [6.07, 6.45) is 4.09. The third-order valence-corrected chi connectivity index (χ3v) is 4.10. The Morgan fingerprint density at radius 2 is 2.26 bits per heavy atom. The first-order valence-corrected chi connectivity index (χ1v) is 7.62. The second-order valence-corrected chi connectivity index (χ2v) is 6.77. The summed E-state index contributed by atoms with van der Waals surface area (Å²) in [6.45, 7) is 4.10. The number of thiophene rings is 1. The van der Waals surface area contributed by atoms with Crippen molar-refractivity contribution < 1.29 is 4.79 Å². The van der Waals surface area contributed by atoms with Crippen LogP contribution in [0.5, 0.6) is 0 Å². The molecule has 0 aliphatic carbocycles. The molecule has 2 heterocycles. The maximum absolute atomic E-state index is 12.0. The number of hydrogen-bond acceptors (Lipinski definition) is 3. The van der Waals surface area contributed by atoms with Gasteiger partial charge >= 0.3 is 0 Å². The topological polar surface area (TPSA) is 42.0 Å². The molecule has 0 aromatic carbocycles. The maximum Gasteiger partial charge on any atom is 0.253 e. The fourth-order valence-electron chi connectivity index (χ4n) is 1.79. The number of aryl methyl sites for hydroxylation is 1. The molecule has 19 heavy (non-hydrogen) atoms. The Balaban J connectivity index is 1.95. The van der Waals surface area contributed by atoms with Crippen LogP contribution in [0.25, 0.3) is 0 Å². The number of halogens is 1. The van der Waals surface area contributed by atoms with Crippen LogP contribution >= 0.6 is 27.3 Å². The van der Waals surface area contributed by atoms with Crippen LogP contribution in [0.2, 0.25) is 0 Å². The molecule has 100 valence electrons. The van der Waals surface area contributed by atoms with Gasteiger partial charge < -0.3 is 5.32 Å². The van der Waals surface area contributed by atoms with E-state index in [-0.39, 0.29) is 11.9 Å². The van der Waals surface area contributed by atoms with Gasteiger partial charge in [0.1, 0.15) is 0 Å². The van der Waals surface area contributed by atoms with Crippen molar-refractivity contribution >= 4 is 33.2 Å². The van der Waals surface area contributed by atoms with Gasteiger partial charge in [-0.1, -0.05) is 0 Å². The molecule has 0 radical (unpaired) electrons. The van der Waals surface area contributed by atoms with Crippen molar-refractivity contribution in [3.63, 3.8) is 0 Å². The average Bonchev–Trinajstić information content (AvgIpc) is 2.74. The van der Waals surface area contributed by atoms with Crippen molar-refractivity contribution in [3.05, 3.63) is 50.4 Å². The molecule has 0 aliphatic rings. The van der Waals surface area contributed by atoms with Crippen LogP contribution in [0.3, 0.4) is 0 Å². The zero-order valence-corrected chi connectivity index (χ0v) is 13.2. The van der Waals surface area contributed by atoms with Gasteiger partial charge in [-0.25, -0.2) is 0 Å². The summed E-state index contributed by atoms with van der Waals surface area (Å²) in [5, 5.41) is 2.99. The van der Waals surface area contributed by atoms with Crippen LogP contribution in [-0.4, -0.2) is 16.9 Å². The molecule has 0 bridgehead atoms. The minimum Gasteiger partial charge on any atom is -0.349 e. The maximum atomic E-state index is 12.0. The van der Waals surface area contributed by atoms with E-state index >= 15 is 0 Å². The Labute approximate surface area is 125 Å². The highest BCUT2D eigenvalue weighted by Crippen LogP contribution is 2.17. The van der Waals surface area contributed by atoms with Crippen molar-refractivity contribution in [3.8, 4) is 0 Å². The standard InChI is InChI=1S/C14H15BrN2OS/c1-9(5-13-4-3-10(2)19-13)17-14(18)11-6-12(15)8-16-7-11/h3-4,6-9H,5H2,1-2H3,(H,17,18). The van der Waals surface area contributed by atoms with E-state index in [4.69, 9.17) is 0 Å². The van der Waals surface area contributed by atoms with Gasteiger partial charge in [0.05, 0.1) is 5.56 Å². The molecule has 0 aliphatic heterocycles. The Morgan fingerprint density at radius 3 is 2.89 bits per heavy atom. The molecular weight excluding hydrogens is 324 g/mol. The lowest BCUT2D eigenvalue weighted by Gasteiger charge is -2.12. The van der Waals surface area contributed by atoms with E-state index in [9.17, 15) is 4.79 Å². The zero-order valence-electron chi connectivity index (χ0n) is 10.8. The first-order valence-electron chi connectivity index (χ1n) is 6.01. The second kappa shape index (κ2) is 6.30. The molecule has 1 unspecified atom stereocenters. The summed E-state index contributed by atoms with van der Waals surface area (Å²) in [5.74, 6) is -0.0884. The molecule has 0 saturated carbocycles. The van der Waals surface area contributed by atoms with E-state index in [1.54, 1.807) is 29.8 Å². The summed E-state index contributed by atoms with van der Waals surface area (Å²) >= 11 is 5.08. The molecule has 1 amide bonds. The van der Waals surface area contributed by atoms with Gasteiger partial charge in [-0.05, 0) is 48.0 Å². The van der Waals surface area contributed by atoms with Gasteiger partial charge in [-0.3, -0.25) is 9.78 Å². The quantitative estimate of drug-likeness (QED) is 0.925. The van der Waals surface area contributed by atoms with E-state index in [0.717, 1.165) is 10.9 Å². The first-order chi connectivity index (χ1) is 9.04. The number of carbonyl (C=O) groups is 1. The largest absolute Gasteiger partial charge is 0.349 e. The lowest BCUT2D eigenvalue weighted by Crippen LogP contribution is -2.33. The Hall–Kier alpha value is -1.20. The van der Waals surface area contributed by atoms with Crippen LogP contribution in [0.4, 0.5) is 0 Å². The van der Waals surface area contributed by atoms with Crippen LogP contribution in [-0.2, 0) is 6.42 Å². The predicted molar refractivity (Wildman–Crippen MR) is 81.6 cm³/mol. The van der Waals surface area contributed by atoms with Gasteiger partial charge in [-0.15, -0.1) is 11.3 Å². The normalized spacial score (nSPS) is 12.2. The molecule has 0 spiro atoms. The van der Waals surface area contributed by atoms with Crippen LogP contribution < -0.4 is 5.32 Å². The van der Waals surface area contributed by atoms with Crippen LogP contribution in [0, 0.1) is 6.92 Å².